The Morgan fingerprint density at radius 3 is 2.94 bits per heavy atom. The third-order valence-electron chi connectivity index (χ3n) is 2.24. The van der Waals surface area contributed by atoms with Crippen molar-refractivity contribution >= 4 is 0 Å². The van der Waals surface area contributed by atoms with Gasteiger partial charge in [-0.3, -0.25) is 5.32 Å². The summed E-state index contributed by atoms with van der Waals surface area (Å²) in [4.78, 5) is 0. The summed E-state index contributed by atoms with van der Waals surface area (Å²) in [6, 6.07) is 0. The summed E-state index contributed by atoms with van der Waals surface area (Å²) in [7, 11) is 3.82. The molecule has 0 spiro atoms. The first kappa shape index (κ1) is 13.1. The Bertz CT molecular complexity index is 276. The second-order valence-corrected chi connectivity index (χ2v) is 3.61. The van der Waals surface area contributed by atoms with Gasteiger partial charge in [-0.15, -0.1) is 5.10 Å². The van der Waals surface area contributed by atoms with Crippen molar-refractivity contribution in [1.82, 2.24) is 25.6 Å². The van der Waals surface area contributed by atoms with E-state index < -0.39 is 0 Å². The maximum atomic E-state index is 5.37. The van der Waals surface area contributed by atoms with Crippen LogP contribution >= 0.6 is 0 Å². The number of nitrogens with zero attached hydrogens (tertiary/aromatic N) is 3. The predicted octanol–water partition coefficient (Wildman–Crippen LogP) is -0.0288. The van der Waals surface area contributed by atoms with Crippen LogP contribution in [-0.2, 0) is 17.9 Å². The molecule has 0 saturated heterocycles. The Morgan fingerprint density at radius 1 is 1.31 bits per heavy atom. The van der Waals surface area contributed by atoms with E-state index in [0.717, 1.165) is 31.6 Å². The lowest BCUT2D eigenvalue weighted by Gasteiger charge is -2.06. The molecule has 0 aliphatic heterocycles. The third-order valence-corrected chi connectivity index (χ3v) is 2.24. The van der Waals surface area contributed by atoms with Crippen molar-refractivity contribution in [2.24, 2.45) is 0 Å². The number of hydrogen-bond acceptors (Lipinski definition) is 5. The Morgan fingerprint density at radius 2 is 2.19 bits per heavy atom. The van der Waals surface area contributed by atoms with Crippen molar-refractivity contribution in [3.8, 4) is 0 Å². The van der Waals surface area contributed by atoms with Crippen LogP contribution in [0.15, 0.2) is 6.20 Å². The zero-order valence-corrected chi connectivity index (χ0v) is 10.1. The van der Waals surface area contributed by atoms with Crippen molar-refractivity contribution in [3.63, 3.8) is 0 Å². The molecule has 0 aromatic carbocycles. The highest BCUT2D eigenvalue weighted by Crippen LogP contribution is 2.01. The molecule has 16 heavy (non-hydrogen) atoms. The second-order valence-electron chi connectivity index (χ2n) is 3.61. The zero-order valence-electron chi connectivity index (χ0n) is 10.1. The van der Waals surface area contributed by atoms with Crippen LogP contribution in [0.1, 0.15) is 18.5 Å². The Balaban J connectivity index is 2.26. The molecule has 92 valence electrons. The number of hydrogen-bond donors (Lipinski definition) is 2. The van der Waals surface area contributed by atoms with E-state index in [2.05, 4.69) is 20.9 Å². The normalized spacial score (nSPS) is 10.9. The fraction of sp³-hybridized carbons (Fsp3) is 0.800. The van der Waals surface area contributed by atoms with E-state index >= 15 is 0 Å². The first-order valence-electron chi connectivity index (χ1n) is 5.62. The molecular formula is C10H21N5O. The number of aromatic nitrogens is 3. The maximum Gasteiger partial charge on any atom is 0.0968 e. The summed E-state index contributed by atoms with van der Waals surface area (Å²) in [5.74, 6) is 0. The minimum absolute atomic E-state index is 0.547. The molecule has 1 heterocycles. The Labute approximate surface area is 96.4 Å². The van der Waals surface area contributed by atoms with Crippen molar-refractivity contribution in [3.05, 3.63) is 11.9 Å². The van der Waals surface area contributed by atoms with E-state index in [4.69, 9.17) is 4.74 Å². The highest BCUT2D eigenvalue weighted by molar-refractivity contribution is 4.91. The highest BCUT2D eigenvalue weighted by atomic mass is 16.5. The Kier molecular flexibility index (Phi) is 6.71. The average molecular weight is 227 g/mol. The predicted molar refractivity (Wildman–Crippen MR) is 61.9 cm³/mol. The van der Waals surface area contributed by atoms with E-state index in [1.54, 1.807) is 6.20 Å². The summed E-state index contributed by atoms with van der Waals surface area (Å²) < 4.78 is 7.28. The monoisotopic (exact) mass is 227 g/mol. The quantitative estimate of drug-likeness (QED) is 0.458. The molecule has 0 atom stereocenters. The van der Waals surface area contributed by atoms with Gasteiger partial charge in [0, 0.05) is 6.54 Å². The topological polar surface area (TPSA) is 64.0 Å². The van der Waals surface area contributed by atoms with Crippen LogP contribution in [0, 0.1) is 0 Å². The number of unbranched alkanes of at least 4 members (excludes halogenated alkanes) is 1. The van der Waals surface area contributed by atoms with E-state index in [1.165, 1.54) is 0 Å². The van der Waals surface area contributed by atoms with Gasteiger partial charge in [0.25, 0.3) is 0 Å². The number of rotatable bonds is 9. The van der Waals surface area contributed by atoms with Gasteiger partial charge in [0.1, 0.15) is 0 Å². The molecule has 0 aliphatic rings. The van der Waals surface area contributed by atoms with Gasteiger partial charge >= 0.3 is 0 Å². The van der Waals surface area contributed by atoms with Crippen LogP contribution in [0.4, 0.5) is 0 Å². The molecule has 0 aliphatic carbocycles. The summed E-state index contributed by atoms with van der Waals surface area (Å²) in [5.41, 5.74) is 1.03. The number of nitrogens with one attached hydrogen (secondary N) is 2. The smallest absolute Gasteiger partial charge is 0.0968 e. The standard InChI is InChI=1S/C10H21N5O/c1-11-5-3-4-6-15-10(7-13-14-15)8-16-9-12-2/h7,11-12H,3-6,8-9H2,1-2H3. The van der Waals surface area contributed by atoms with Crippen LogP contribution < -0.4 is 10.6 Å². The lowest BCUT2D eigenvalue weighted by Crippen LogP contribution is -2.14. The van der Waals surface area contributed by atoms with Gasteiger partial charge in [-0.1, -0.05) is 5.21 Å². The van der Waals surface area contributed by atoms with Crippen molar-refractivity contribution in [1.29, 1.82) is 0 Å². The summed E-state index contributed by atoms with van der Waals surface area (Å²) in [6.45, 7) is 3.05. The third kappa shape index (κ3) is 4.69. The van der Waals surface area contributed by atoms with Crippen LogP contribution in [0.25, 0.3) is 0 Å². The van der Waals surface area contributed by atoms with Crippen LogP contribution in [-0.4, -0.2) is 42.4 Å². The lowest BCUT2D eigenvalue weighted by molar-refractivity contribution is 0.103. The Hall–Kier alpha value is -0.980. The SMILES string of the molecule is CNCCCCn1nncc1COCNC. The molecule has 0 unspecified atom stereocenters. The first-order valence-corrected chi connectivity index (χ1v) is 5.62. The minimum Gasteiger partial charge on any atom is -0.360 e. The van der Waals surface area contributed by atoms with Crippen LogP contribution in [0.2, 0.25) is 0 Å². The number of aryl methyl sites for hydroxylation is 1. The van der Waals surface area contributed by atoms with E-state index in [9.17, 15) is 0 Å². The molecule has 2 N–H and O–H groups in total. The van der Waals surface area contributed by atoms with Gasteiger partial charge in [-0.25, -0.2) is 4.68 Å². The molecule has 0 radical (unpaired) electrons. The summed E-state index contributed by atoms with van der Waals surface area (Å²) >= 11 is 0. The average Bonchev–Trinajstić information content (AvgIpc) is 2.73. The largest absolute Gasteiger partial charge is 0.360 e. The van der Waals surface area contributed by atoms with Gasteiger partial charge in [0.05, 0.1) is 25.2 Å². The van der Waals surface area contributed by atoms with E-state index in [1.807, 2.05) is 18.8 Å². The maximum absolute atomic E-state index is 5.37. The molecule has 0 saturated carbocycles. The summed E-state index contributed by atoms with van der Waals surface area (Å²) in [6.07, 6.45) is 4.00. The van der Waals surface area contributed by atoms with Gasteiger partial charge in [-0.05, 0) is 33.5 Å². The van der Waals surface area contributed by atoms with Crippen LogP contribution in [0.3, 0.4) is 0 Å². The van der Waals surface area contributed by atoms with Gasteiger partial charge < -0.3 is 10.1 Å². The molecular weight excluding hydrogens is 206 g/mol. The van der Waals surface area contributed by atoms with Crippen LogP contribution in [0.5, 0.6) is 0 Å². The van der Waals surface area contributed by atoms with Gasteiger partial charge in [0.2, 0.25) is 0 Å². The molecule has 0 bridgehead atoms. The second kappa shape index (κ2) is 8.20. The van der Waals surface area contributed by atoms with Crippen molar-refractivity contribution in [2.45, 2.75) is 26.0 Å². The van der Waals surface area contributed by atoms with Gasteiger partial charge in [-0.2, -0.15) is 0 Å². The fourth-order valence-electron chi connectivity index (χ4n) is 1.40. The molecule has 1 aromatic rings. The zero-order chi connectivity index (χ0) is 11.6. The molecule has 0 fully saturated rings. The molecule has 0 amide bonds. The van der Waals surface area contributed by atoms with E-state index in [-0.39, 0.29) is 0 Å². The fourth-order valence-corrected chi connectivity index (χ4v) is 1.40. The van der Waals surface area contributed by atoms with E-state index in [0.29, 0.717) is 13.3 Å². The minimum atomic E-state index is 0.547. The van der Waals surface area contributed by atoms with Crippen molar-refractivity contribution < 1.29 is 4.74 Å². The highest BCUT2D eigenvalue weighted by Gasteiger charge is 2.03. The molecule has 1 rings (SSSR count). The molecule has 6 nitrogen and oxygen atoms in total. The number of ether oxygens (including phenoxy) is 1. The summed E-state index contributed by atoms with van der Waals surface area (Å²) in [5, 5.41) is 14.0. The molecule has 6 heteroatoms. The first-order chi connectivity index (χ1) is 7.88. The van der Waals surface area contributed by atoms with Gasteiger partial charge in [0.15, 0.2) is 0 Å². The molecule has 1 aromatic heterocycles. The van der Waals surface area contributed by atoms with Crippen molar-refractivity contribution in [2.75, 3.05) is 27.4 Å². The lowest BCUT2D eigenvalue weighted by atomic mass is 10.3.